The lowest BCUT2D eigenvalue weighted by molar-refractivity contribution is 0.0600. The van der Waals surface area contributed by atoms with E-state index in [4.69, 9.17) is 11.6 Å². The number of carbonyl (C=O) groups excluding carboxylic acids is 2. The Kier molecular flexibility index (Phi) is 4.32. The van der Waals surface area contributed by atoms with Crippen molar-refractivity contribution in [1.82, 2.24) is 4.98 Å². The fourth-order valence-electron chi connectivity index (χ4n) is 1.51. The molecule has 0 aliphatic rings. The van der Waals surface area contributed by atoms with Crippen LogP contribution in [0.15, 0.2) is 42.6 Å². The summed E-state index contributed by atoms with van der Waals surface area (Å²) < 4.78 is 4.59. The van der Waals surface area contributed by atoms with Gasteiger partial charge in [0, 0.05) is 11.9 Å². The molecule has 1 aromatic carbocycles. The van der Waals surface area contributed by atoms with E-state index in [1.165, 1.54) is 19.4 Å². The number of carbonyl (C=O) groups is 2. The Hall–Kier alpha value is -2.40. The SMILES string of the molecule is COC(=O)c1ccc(NC(=O)c2ccc(Cl)cn2)cc1. The fourth-order valence-corrected chi connectivity index (χ4v) is 1.62. The lowest BCUT2D eigenvalue weighted by Gasteiger charge is -2.05. The second kappa shape index (κ2) is 6.16. The monoisotopic (exact) mass is 290 g/mol. The van der Waals surface area contributed by atoms with Crippen LogP contribution in [0.5, 0.6) is 0 Å². The molecule has 0 unspecified atom stereocenters. The maximum Gasteiger partial charge on any atom is 0.337 e. The third-order valence-electron chi connectivity index (χ3n) is 2.52. The van der Waals surface area contributed by atoms with Gasteiger partial charge in [0.05, 0.1) is 17.7 Å². The molecule has 0 aliphatic carbocycles. The number of ether oxygens (including phenoxy) is 1. The smallest absolute Gasteiger partial charge is 0.337 e. The Bertz CT molecular complexity index is 624. The Morgan fingerprint density at radius 1 is 1.15 bits per heavy atom. The summed E-state index contributed by atoms with van der Waals surface area (Å²) in [6, 6.07) is 9.47. The van der Waals surface area contributed by atoms with Crippen molar-refractivity contribution in [1.29, 1.82) is 0 Å². The molecule has 0 fully saturated rings. The van der Waals surface area contributed by atoms with Crippen LogP contribution < -0.4 is 5.32 Å². The predicted molar refractivity (Wildman–Crippen MR) is 75.0 cm³/mol. The zero-order valence-corrected chi connectivity index (χ0v) is 11.3. The standard InChI is InChI=1S/C14H11ClN2O3/c1-20-14(19)9-2-5-11(6-3-9)17-13(18)12-7-4-10(15)8-16-12/h2-8H,1H3,(H,17,18). The molecule has 2 rings (SSSR count). The number of nitrogens with zero attached hydrogens (tertiary/aromatic N) is 1. The molecule has 1 heterocycles. The molecular weight excluding hydrogens is 280 g/mol. The van der Waals surface area contributed by atoms with Crippen LogP contribution in [0.4, 0.5) is 5.69 Å². The van der Waals surface area contributed by atoms with Crippen molar-refractivity contribution in [3.05, 3.63) is 58.9 Å². The minimum absolute atomic E-state index is 0.256. The van der Waals surface area contributed by atoms with Crippen molar-refractivity contribution in [3.63, 3.8) is 0 Å². The minimum Gasteiger partial charge on any atom is -0.465 e. The molecule has 0 saturated heterocycles. The number of aromatic nitrogens is 1. The number of rotatable bonds is 3. The molecule has 0 aliphatic heterocycles. The summed E-state index contributed by atoms with van der Waals surface area (Å²) in [5.41, 5.74) is 1.22. The summed E-state index contributed by atoms with van der Waals surface area (Å²) in [7, 11) is 1.31. The van der Waals surface area contributed by atoms with Crippen molar-refractivity contribution in [2.75, 3.05) is 12.4 Å². The largest absolute Gasteiger partial charge is 0.465 e. The Morgan fingerprint density at radius 3 is 2.40 bits per heavy atom. The fraction of sp³-hybridized carbons (Fsp3) is 0.0714. The van der Waals surface area contributed by atoms with Crippen LogP contribution in [0.2, 0.25) is 5.02 Å². The molecule has 2 aromatic rings. The second-order valence-electron chi connectivity index (χ2n) is 3.88. The van der Waals surface area contributed by atoms with Gasteiger partial charge in [-0.2, -0.15) is 0 Å². The highest BCUT2D eigenvalue weighted by molar-refractivity contribution is 6.30. The summed E-state index contributed by atoms with van der Waals surface area (Å²) in [5.74, 6) is -0.783. The van der Waals surface area contributed by atoms with Crippen molar-refractivity contribution < 1.29 is 14.3 Å². The first kappa shape index (κ1) is 14.0. The van der Waals surface area contributed by atoms with Gasteiger partial charge in [0.15, 0.2) is 0 Å². The first-order valence-corrected chi connectivity index (χ1v) is 6.09. The van der Waals surface area contributed by atoms with Crippen LogP contribution in [0.25, 0.3) is 0 Å². The van der Waals surface area contributed by atoms with E-state index < -0.39 is 5.97 Å². The number of anilines is 1. The third-order valence-corrected chi connectivity index (χ3v) is 2.75. The maximum atomic E-state index is 11.9. The summed E-state index contributed by atoms with van der Waals surface area (Å²) in [4.78, 5) is 27.1. The van der Waals surface area contributed by atoms with E-state index in [9.17, 15) is 9.59 Å². The van der Waals surface area contributed by atoms with Crippen LogP contribution in [-0.4, -0.2) is 24.0 Å². The van der Waals surface area contributed by atoms with E-state index in [0.717, 1.165) is 0 Å². The average Bonchev–Trinajstić information content (AvgIpc) is 2.48. The molecule has 0 atom stereocenters. The van der Waals surface area contributed by atoms with E-state index in [-0.39, 0.29) is 11.6 Å². The molecule has 1 aromatic heterocycles. The zero-order valence-electron chi connectivity index (χ0n) is 10.6. The summed E-state index contributed by atoms with van der Waals surface area (Å²) in [6.45, 7) is 0. The summed E-state index contributed by atoms with van der Waals surface area (Å²) in [6.07, 6.45) is 1.40. The Balaban J connectivity index is 2.08. The number of amides is 1. The van der Waals surface area contributed by atoms with Gasteiger partial charge in [-0.05, 0) is 36.4 Å². The lowest BCUT2D eigenvalue weighted by atomic mass is 10.2. The molecule has 0 radical (unpaired) electrons. The van der Waals surface area contributed by atoms with E-state index in [2.05, 4.69) is 15.0 Å². The van der Waals surface area contributed by atoms with Gasteiger partial charge in [-0.1, -0.05) is 11.6 Å². The van der Waals surface area contributed by atoms with E-state index in [1.807, 2.05) is 0 Å². The van der Waals surface area contributed by atoms with Crippen LogP contribution >= 0.6 is 11.6 Å². The zero-order chi connectivity index (χ0) is 14.5. The third kappa shape index (κ3) is 3.33. The number of nitrogens with one attached hydrogen (secondary N) is 1. The first-order chi connectivity index (χ1) is 9.60. The number of hydrogen-bond acceptors (Lipinski definition) is 4. The minimum atomic E-state index is -0.428. The van der Waals surface area contributed by atoms with E-state index in [1.54, 1.807) is 30.3 Å². The van der Waals surface area contributed by atoms with Crippen LogP contribution in [0.3, 0.4) is 0 Å². The summed E-state index contributed by atoms with van der Waals surface area (Å²) in [5, 5.41) is 3.13. The number of halogens is 1. The molecule has 0 saturated carbocycles. The first-order valence-electron chi connectivity index (χ1n) is 5.71. The van der Waals surface area contributed by atoms with Gasteiger partial charge in [-0.3, -0.25) is 4.79 Å². The number of methoxy groups -OCH3 is 1. The highest BCUT2D eigenvalue weighted by atomic mass is 35.5. The quantitative estimate of drug-likeness (QED) is 0.883. The molecule has 102 valence electrons. The second-order valence-corrected chi connectivity index (χ2v) is 4.32. The number of esters is 1. The van der Waals surface area contributed by atoms with Gasteiger partial charge in [-0.25, -0.2) is 9.78 Å². The number of pyridine rings is 1. The predicted octanol–water partition coefficient (Wildman–Crippen LogP) is 2.77. The lowest BCUT2D eigenvalue weighted by Crippen LogP contribution is -2.13. The summed E-state index contributed by atoms with van der Waals surface area (Å²) >= 11 is 5.70. The number of hydrogen-bond donors (Lipinski definition) is 1. The van der Waals surface area contributed by atoms with Crippen LogP contribution in [-0.2, 0) is 4.74 Å². The van der Waals surface area contributed by atoms with Gasteiger partial charge in [0.25, 0.3) is 5.91 Å². The van der Waals surface area contributed by atoms with Gasteiger partial charge in [0.1, 0.15) is 5.69 Å². The van der Waals surface area contributed by atoms with Gasteiger partial charge >= 0.3 is 5.97 Å². The number of benzene rings is 1. The van der Waals surface area contributed by atoms with Crippen molar-refractivity contribution >= 4 is 29.2 Å². The average molecular weight is 291 g/mol. The Morgan fingerprint density at radius 2 is 1.85 bits per heavy atom. The van der Waals surface area contributed by atoms with Crippen molar-refractivity contribution in [3.8, 4) is 0 Å². The van der Waals surface area contributed by atoms with Crippen molar-refractivity contribution in [2.45, 2.75) is 0 Å². The molecule has 0 bridgehead atoms. The molecule has 20 heavy (non-hydrogen) atoms. The van der Waals surface area contributed by atoms with Gasteiger partial charge < -0.3 is 10.1 Å². The van der Waals surface area contributed by atoms with E-state index >= 15 is 0 Å². The molecule has 1 amide bonds. The topological polar surface area (TPSA) is 68.3 Å². The molecular formula is C14H11ClN2O3. The molecule has 0 spiro atoms. The highest BCUT2D eigenvalue weighted by Crippen LogP contribution is 2.12. The maximum absolute atomic E-state index is 11.9. The van der Waals surface area contributed by atoms with E-state index in [0.29, 0.717) is 16.3 Å². The molecule has 5 nitrogen and oxygen atoms in total. The van der Waals surface area contributed by atoms with Gasteiger partial charge in [-0.15, -0.1) is 0 Å². The Labute approximate surface area is 120 Å². The van der Waals surface area contributed by atoms with Crippen molar-refractivity contribution in [2.24, 2.45) is 0 Å². The highest BCUT2D eigenvalue weighted by Gasteiger charge is 2.09. The van der Waals surface area contributed by atoms with Crippen LogP contribution in [0.1, 0.15) is 20.8 Å². The molecule has 1 N–H and O–H groups in total. The van der Waals surface area contributed by atoms with Gasteiger partial charge in [0.2, 0.25) is 0 Å². The molecule has 6 heteroatoms. The van der Waals surface area contributed by atoms with Crippen LogP contribution in [0, 0.1) is 0 Å². The normalized spacial score (nSPS) is 9.90.